The number of benzene rings is 1. The maximum absolute atomic E-state index is 13.9. The minimum absolute atomic E-state index is 0. The summed E-state index contributed by atoms with van der Waals surface area (Å²) >= 11 is 0. The molecule has 1 fully saturated rings. The van der Waals surface area contributed by atoms with Crippen LogP contribution in [0, 0.1) is 5.82 Å². The monoisotopic (exact) mass is 486 g/mol. The second-order valence-corrected chi connectivity index (χ2v) is 6.55. The number of aromatic nitrogens is 1. The molecule has 0 saturated heterocycles. The minimum Gasteiger partial charge on any atom is -0.361 e. The van der Waals surface area contributed by atoms with Gasteiger partial charge in [0.05, 0.1) is 12.2 Å². The van der Waals surface area contributed by atoms with Gasteiger partial charge >= 0.3 is 0 Å². The highest BCUT2D eigenvalue weighted by molar-refractivity contribution is 14.0. The van der Waals surface area contributed by atoms with E-state index in [1.165, 1.54) is 6.07 Å². The standard InChI is InChI=1S/C20H27FN4O.HI/c1-4-17-15(19(5-2)26-25-17)12-23-20(22-6-3)24-18-11-14(18)13-9-7-8-10-16(13)21;/h7-10,14,18H,4-6,11-12H2,1-3H3,(H2,22,23,24);1H. The van der Waals surface area contributed by atoms with E-state index in [1.807, 2.05) is 19.1 Å². The van der Waals surface area contributed by atoms with Gasteiger partial charge in [-0.1, -0.05) is 37.2 Å². The fraction of sp³-hybridized carbons (Fsp3) is 0.500. The molecule has 27 heavy (non-hydrogen) atoms. The molecule has 7 heteroatoms. The predicted molar refractivity (Wildman–Crippen MR) is 116 cm³/mol. The molecule has 2 aromatic rings. The first-order valence-corrected chi connectivity index (χ1v) is 9.43. The van der Waals surface area contributed by atoms with Crippen molar-refractivity contribution in [2.75, 3.05) is 6.54 Å². The molecular weight excluding hydrogens is 458 g/mol. The molecule has 0 aliphatic heterocycles. The summed E-state index contributed by atoms with van der Waals surface area (Å²) < 4.78 is 19.4. The molecule has 1 aliphatic carbocycles. The van der Waals surface area contributed by atoms with Crippen LogP contribution in [0.2, 0.25) is 0 Å². The van der Waals surface area contributed by atoms with E-state index in [-0.39, 0.29) is 41.8 Å². The highest BCUT2D eigenvalue weighted by atomic mass is 127. The molecule has 1 aromatic carbocycles. The SMILES string of the molecule is CCNC(=NCc1c(CC)noc1CC)NC1CC1c1ccccc1F.I. The van der Waals surface area contributed by atoms with Gasteiger partial charge in [-0.2, -0.15) is 0 Å². The zero-order valence-corrected chi connectivity index (χ0v) is 18.4. The second-order valence-electron chi connectivity index (χ2n) is 6.55. The first-order valence-electron chi connectivity index (χ1n) is 9.43. The van der Waals surface area contributed by atoms with Crippen LogP contribution in [0.3, 0.4) is 0 Å². The average molecular weight is 486 g/mol. The van der Waals surface area contributed by atoms with E-state index in [9.17, 15) is 4.39 Å². The molecule has 5 nitrogen and oxygen atoms in total. The summed E-state index contributed by atoms with van der Waals surface area (Å²) in [7, 11) is 0. The van der Waals surface area contributed by atoms with Crippen molar-refractivity contribution >= 4 is 29.9 Å². The Morgan fingerprint density at radius 3 is 2.70 bits per heavy atom. The summed E-state index contributed by atoms with van der Waals surface area (Å²) in [5.41, 5.74) is 2.83. The molecule has 3 rings (SSSR count). The molecule has 1 heterocycles. The Hall–Kier alpha value is -1.64. The van der Waals surface area contributed by atoms with E-state index in [0.29, 0.717) is 6.54 Å². The second kappa shape index (κ2) is 10.1. The minimum atomic E-state index is -0.131. The summed E-state index contributed by atoms with van der Waals surface area (Å²) in [6.07, 6.45) is 2.55. The third-order valence-corrected chi connectivity index (χ3v) is 4.76. The van der Waals surface area contributed by atoms with E-state index in [4.69, 9.17) is 9.52 Å². The van der Waals surface area contributed by atoms with E-state index in [2.05, 4.69) is 29.6 Å². The van der Waals surface area contributed by atoms with Crippen LogP contribution in [0.4, 0.5) is 4.39 Å². The summed E-state index contributed by atoms with van der Waals surface area (Å²) in [4.78, 5) is 4.70. The lowest BCUT2D eigenvalue weighted by Crippen LogP contribution is -2.39. The van der Waals surface area contributed by atoms with Crippen molar-refractivity contribution in [2.45, 2.75) is 58.5 Å². The number of guanidine groups is 1. The first kappa shape index (κ1) is 21.7. The van der Waals surface area contributed by atoms with Crippen LogP contribution >= 0.6 is 24.0 Å². The first-order chi connectivity index (χ1) is 12.7. The van der Waals surface area contributed by atoms with Gasteiger partial charge in [-0.05, 0) is 31.4 Å². The zero-order chi connectivity index (χ0) is 18.5. The van der Waals surface area contributed by atoms with Crippen molar-refractivity contribution in [3.05, 3.63) is 52.7 Å². The molecule has 0 radical (unpaired) electrons. The lowest BCUT2D eigenvalue weighted by Gasteiger charge is -2.11. The van der Waals surface area contributed by atoms with Crippen LogP contribution < -0.4 is 10.6 Å². The molecule has 0 spiro atoms. The van der Waals surface area contributed by atoms with Crippen LogP contribution in [-0.4, -0.2) is 23.7 Å². The molecule has 2 unspecified atom stereocenters. The topological polar surface area (TPSA) is 62.5 Å². The lowest BCUT2D eigenvalue weighted by molar-refractivity contribution is 0.380. The summed E-state index contributed by atoms with van der Waals surface area (Å²) in [5, 5.41) is 10.8. The highest BCUT2D eigenvalue weighted by Gasteiger charge is 2.40. The Balaban J connectivity index is 0.00000261. The number of aliphatic imine (C=N–C) groups is 1. The average Bonchev–Trinajstić information content (AvgIpc) is 3.28. The Labute approximate surface area is 177 Å². The zero-order valence-electron chi connectivity index (χ0n) is 16.1. The Kier molecular flexibility index (Phi) is 8.07. The molecule has 1 aromatic heterocycles. The fourth-order valence-electron chi connectivity index (χ4n) is 3.24. The van der Waals surface area contributed by atoms with Crippen molar-refractivity contribution in [2.24, 2.45) is 4.99 Å². The number of nitrogens with zero attached hydrogens (tertiary/aromatic N) is 2. The van der Waals surface area contributed by atoms with Crippen molar-refractivity contribution in [1.29, 1.82) is 0 Å². The molecule has 0 bridgehead atoms. The molecule has 2 N–H and O–H groups in total. The number of halogens is 2. The van der Waals surface area contributed by atoms with Gasteiger partial charge in [-0.25, -0.2) is 9.38 Å². The van der Waals surface area contributed by atoms with E-state index in [1.54, 1.807) is 6.07 Å². The number of hydrogen-bond acceptors (Lipinski definition) is 3. The third kappa shape index (κ3) is 5.21. The molecular formula is C20H28FIN4O. The number of rotatable bonds is 7. The Morgan fingerprint density at radius 1 is 1.26 bits per heavy atom. The summed E-state index contributed by atoms with van der Waals surface area (Å²) in [6, 6.07) is 7.21. The molecule has 0 amide bonds. The van der Waals surface area contributed by atoms with Gasteiger partial charge in [0.15, 0.2) is 5.96 Å². The Bertz CT molecular complexity index is 756. The largest absolute Gasteiger partial charge is 0.361 e. The van der Waals surface area contributed by atoms with Crippen molar-refractivity contribution in [1.82, 2.24) is 15.8 Å². The number of hydrogen-bond donors (Lipinski definition) is 2. The van der Waals surface area contributed by atoms with Gasteiger partial charge in [0, 0.05) is 30.5 Å². The van der Waals surface area contributed by atoms with Crippen molar-refractivity contribution in [3.63, 3.8) is 0 Å². The number of nitrogens with one attached hydrogen (secondary N) is 2. The van der Waals surface area contributed by atoms with E-state index in [0.717, 1.165) is 54.3 Å². The van der Waals surface area contributed by atoms with Crippen LogP contribution in [0.1, 0.15) is 55.7 Å². The van der Waals surface area contributed by atoms with Gasteiger partial charge in [0.1, 0.15) is 11.6 Å². The van der Waals surface area contributed by atoms with Gasteiger partial charge in [-0.3, -0.25) is 0 Å². The van der Waals surface area contributed by atoms with Gasteiger partial charge in [-0.15, -0.1) is 24.0 Å². The molecule has 148 valence electrons. The third-order valence-electron chi connectivity index (χ3n) is 4.76. The van der Waals surface area contributed by atoms with Crippen LogP contribution in [0.25, 0.3) is 0 Å². The molecule has 2 atom stereocenters. The maximum Gasteiger partial charge on any atom is 0.191 e. The van der Waals surface area contributed by atoms with Crippen LogP contribution in [-0.2, 0) is 19.4 Å². The van der Waals surface area contributed by atoms with E-state index >= 15 is 0 Å². The summed E-state index contributed by atoms with van der Waals surface area (Å²) in [6.45, 7) is 7.46. The lowest BCUT2D eigenvalue weighted by atomic mass is 10.1. The Morgan fingerprint density at radius 2 is 2.04 bits per heavy atom. The molecule has 1 saturated carbocycles. The summed E-state index contributed by atoms with van der Waals surface area (Å²) in [5.74, 6) is 1.72. The van der Waals surface area contributed by atoms with Crippen molar-refractivity contribution in [3.8, 4) is 0 Å². The van der Waals surface area contributed by atoms with Crippen molar-refractivity contribution < 1.29 is 8.91 Å². The van der Waals surface area contributed by atoms with Gasteiger partial charge in [0.25, 0.3) is 0 Å². The number of aryl methyl sites for hydroxylation is 2. The van der Waals surface area contributed by atoms with Gasteiger partial charge in [0.2, 0.25) is 0 Å². The smallest absolute Gasteiger partial charge is 0.191 e. The van der Waals surface area contributed by atoms with Crippen LogP contribution in [0.5, 0.6) is 0 Å². The normalized spacial score (nSPS) is 18.7. The van der Waals surface area contributed by atoms with Crippen LogP contribution in [0.15, 0.2) is 33.8 Å². The highest BCUT2D eigenvalue weighted by Crippen LogP contribution is 2.41. The molecule has 1 aliphatic rings. The van der Waals surface area contributed by atoms with E-state index < -0.39 is 0 Å². The predicted octanol–water partition coefficient (Wildman–Crippen LogP) is 4.17. The quantitative estimate of drug-likeness (QED) is 0.351. The fourth-order valence-corrected chi connectivity index (χ4v) is 3.24. The van der Waals surface area contributed by atoms with Gasteiger partial charge < -0.3 is 15.2 Å². The maximum atomic E-state index is 13.9.